The summed E-state index contributed by atoms with van der Waals surface area (Å²) in [4.78, 5) is 8.91. The number of hydrogen-bond acceptors (Lipinski definition) is 3. The van der Waals surface area contributed by atoms with Gasteiger partial charge < -0.3 is 4.57 Å². The predicted molar refractivity (Wildman–Crippen MR) is 98.6 cm³/mol. The maximum absolute atomic E-state index is 9.00. The van der Waals surface area contributed by atoms with Crippen LogP contribution in [0.3, 0.4) is 0 Å². The first-order valence-corrected chi connectivity index (χ1v) is 7.90. The van der Waals surface area contributed by atoms with Crippen molar-refractivity contribution in [3.63, 3.8) is 0 Å². The van der Waals surface area contributed by atoms with Gasteiger partial charge in [-0.05, 0) is 35.9 Å². The minimum atomic E-state index is 0.614. The summed E-state index contributed by atoms with van der Waals surface area (Å²) in [6.07, 6.45) is 3.52. The lowest BCUT2D eigenvalue weighted by Gasteiger charge is -2.12. The fourth-order valence-corrected chi connectivity index (χ4v) is 2.90. The lowest BCUT2D eigenvalue weighted by Crippen LogP contribution is -2.14. The van der Waals surface area contributed by atoms with E-state index in [0.29, 0.717) is 12.1 Å². The second-order valence-electron chi connectivity index (χ2n) is 5.77. The lowest BCUT2D eigenvalue weighted by atomic mass is 9.90. The molecule has 5 heteroatoms. The highest BCUT2D eigenvalue weighted by atomic mass is 15.1. The maximum atomic E-state index is 9.00. The Labute approximate surface area is 146 Å². The molecular formula is C20H13BN4. The van der Waals surface area contributed by atoms with Crippen LogP contribution in [0.2, 0.25) is 0 Å². The number of imidazole rings is 1. The predicted octanol–water partition coefficient (Wildman–Crippen LogP) is 2.81. The van der Waals surface area contributed by atoms with E-state index >= 15 is 0 Å². The molecule has 0 atom stereocenters. The number of pyridine rings is 1. The van der Waals surface area contributed by atoms with E-state index in [4.69, 9.17) is 18.1 Å². The molecule has 116 valence electrons. The first-order valence-electron chi connectivity index (χ1n) is 7.90. The summed E-state index contributed by atoms with van der Waals surface area (Å²) in [6, 6.07) is 19.3. The van der Waals surface area contributed by atoms with Crippen LogP contribution in [0.15, 0.2) is 67.0 Å². The first kappa shape index (κ1) is 15.2. The normalized spacial score (nSPS) is 10.7. The van der Waals surface area contributed by atoms with Crippen molar-refractivity contribution < 1.29 is 0 Å². The molecule has 0 aliphatic rings. The van der Waals surface area contributed by atoms with Gasteiger partial charge in [0.1, 0.15) is 19.2 Å². The smallest absolute Gasteiger partial charge is 0.141 e. The Kier molecular flexibility index (Phi) is 3.79. The monoisotopic (exact) mass is 320 g/mol. The topological polar surface area (TPSA) is 54.5 Å². The van der Waals surface area contributed by atoms with Gasteiger partial charge in [-0.1, -0.05) is 29.7 Å². The molecule has 0 fully saturated rings. The van der Waals surface area contributed by atoms with Crippen LogP contribution in [-0.2, 0) is 6.54 Å². The zero-order valence-electron chi connectivity index (χ0n) is 13.4. The summed E-state index contributed by atoms with van der Waals surface area (Å²) in [5.74, 6) is 0.829. The minimum absolute atomic E-state index is 0.614. The summed E-state index contributed by atoms with van der Waals surface area (Å²) in [5, 5.41) is 9.00. The third-order valence-electron chi connectivity index (χ3n) is 4.21. The third-order valence-corrected chi connectivity index (χ3v) is 4.21. The molecule has 4 nitrogen and oxygen atoms in total. The Hall–Kier alpha value is -3.39. The molecule has 4 rings (SSSR count). The van der Waals surface area contributed by atoms with Crippen LogP contribution in [-0.4, -0.2) is 22.4 Å². The molecule has 0 saturated heterocycles. The van der Waals surface area contributed by atoms with Crippen LogP contribution < -0.4 is 5.46 Å². The van der Waals surface area contributed by atoms with Crippen LogP contribution in [0.1, 0.15) is 11.1 Å². The number of rotatable bonds is 3. The molecule has 2 aromatic carbocycles. The number of nitrogens with zero attached hydrogens (tertiary/aromatic N) is 4. The molecule has 4 aromatic rings. The van der Waals surface area contributed by atoms with Gasteiger partial charge in [0.25, 0.3) is 0 Å². The van der Waals surface area contributed by atoms with Gasteiger partial charge in [0.2, 0.25) is 0 Å². The van der Waals surface area contributed by atoms with Crippen molar-refractivity contribution >= 4 is 24.3 Å². The van der Waals surface area contributed by atoms with Gasteiger partial charge in [-0.2, -0.15) is 5.26 Å². The molecule has 0 aliphatic carbocycles. The largest absolute Gasteiger partial charge is 0.319 e. The molecule has 0 saturated carbocycles. The van der Waals surface area contributed by atoms with Gasteiger partial charge >= 0.3 is 0 Å². The molecule has 0 N–H and O–H groups in total. The summed E-state index contributed by atoms with van der Waals surface area (Å²) in [7, 11) is 6.13. The summed E-state index contributed by atoms with van der Waals surface area (Å²) < 4.78 is 2.13. The zero-order chi connectivity index (χ0) is 17.2. The third kappa shape index (κ3) is 2.79. The molecule has 2 radical (unpaired) electrons. The number of benzene rings is 2. The van der Waals surface area contributed by atoms with E-state index in [1.165, 1.54) is 0 Å². The average molecular weight is 320 g/mol. The van der Waals surface area contributed by atoms with Crippen LogP contribution >= 0.6 is 0 Å². The molecule has 25 heavy (non-hydrogen) atoms. The van der Waals surface area contributed by atoms with Gasteiger partial charge in [0.15, 0.2) is 0 Å². The van der Waals surface area contributed by atoms with E-state index in [2.05, 4.69) is 15.6 Å². The van der Waals surface area contributed by atoms with Crippen LogP contribution in [0.4, 0.5) is 0 Å². The van der Waals surface area contributed by atoms with Gasteiger partial charge in [-0.15, -0.1) is 0 Å². The SMILES string of the molecule is [B]c1ccccc1Cn1c(-c2ccc(C#N)cc2)nc2cnccc21. The molecule has 2 aromatic heterocycles. The maximum Gasteiger partial charge on any atom is 0.141 e. The molecule has 0 amide bonds. The second-order valence-corrected chi connectivity index (χ2v) is 5.77. The molecule has 0 spiro atoms. The van der Waals surface area contributed by atoms with Crippen molar-refractivity contribution in [3.8, 4) is 17.5 Å². The minimum Gasteiger partial charge on any atom is -0.319 e. The molecule has 0 unspecified atom stereocenters. The van der Waals surface area contributed by atoms with Gasteiger partial charge in [0.05, 0.1) is 23.3 Å². The van der Waals surface area contributed by atoms with E-state index in [-0.39, 0.29) is 0 Å². The van der Waals surface area contributed by atoms with Gasteiger partial charge in [-0.25, -0.2) is 4.98 Å². The number of aromatic nitrogens is 3. The van der Waals surface area contributed by atoms with Crippen molar-refractivity contribution in [2.75, 3.05) is 0 Å². The van der Waals surface area contributed by atoms with Crippen molar-refractivity contribution in [3.05, 3.63) is 78.1 Å². The second kappa shape index (κ2) is 6.25. The van der Waals surface area contributed by atoms with Gasteiger partial charge in [0, 0.05) is 18.3 Å². The highest BCUT2D eigenvalue weighted by Crippen LogP contribution is 2.25. The average Bonchev–Trinajstić information content (AvgIpc) is 3.02. The summed E-state index contributed by atoms with van der Waals surface area (Å²) in [6.45, 7) is 0.614. The molecule has 0 bridgehead atoms. The van der Waals surface area contributed by atoms with Crippen molar-refractivity contribution in [1.82, 2.24) is 14.5 Å². The van der Waals surface area contributed by atoms with Crippen LogP contribution in [0.5, 0.6) is 0 Å². The molecular weight excluding hydrogens is 307 g/mol. The van der Waals surface area contributed by atoms with Gasteiger partial charge in [-0.3, -0.25) is 4.98 Å². The molecule has 2 heterocycles. The summed E-state index contributed by atoms with van der Waals surface area (Å²) >= 11 is 0. The van der Waals surface area contributed by atoms with Crippen molar-refractivity contribution in [1.29, 1.82) is 5.26 Å². The Balaban J connectivity index is 1.89. The van der Waals surface area contributed by atoms with E-state index in [1.807, 2.05) is 42.5 Å². The Morgan fingerprint density at radius 1 is 1.04 bits per heavy atom. The summed E-state index contributed by atoms with van der Waals surface area (Å²) in [5.41, 5.74) is 5.19. The van der Waals surface area contributed by atoms with E-state index < -0.39 is 0 Å². The van der Waals surface area contributed by atoms with Crippen molar-refractivity contribution in [2.45, 2.75) is 6.54 Å². The highest BCUT2D eigenvalue weighted by Gasteiger charge is 2.13. The number of hydrogen-bond donors (Lipinski definition) is 0. The van der Waals surface area contributed by atoms with Crippen LogP contribution in [0, 0.1) is 11.3 Å². The lowest BCUT2D eigenvalue weighted by molar-refractivity contribution is 0.838. The highest BCUT2D eigenvalue weighted by molar-refractivity contribution is 6.33. The fourth-order valence-electron chi connectivity index (χ4n) is 2.90. The number of fused-ring (bicyclic) bond motifs is 1. The standard InChI is InChI=1S/C20H13BN4/c21-17-4-2-1-3-16(17)13-25-19-9-10-23-12-18(19)24-20(25)15-7-5-14(11-22)6-8-15/h1-10,12H,13H2. The Morgan fingerprint density at radius 3 is 2.60 bits per heavy atom. The van der Waals surface area contributed by atoms with Crippen LogP contribution in [0.25, 0.3) is 22.4 Å². The van der Waals surface area contributed by atoms with Crippen molar-refractivity contribution in [2.24, 2.45) is 0 Å². The zero-order valence-corrected chi connectivity index (χ0v) is 13.4. The first-order chi connectivity index (χ1) is 12.3. The fraction of sp³-hybridized carbons (Fsp3) is 0.0500. The quantitative estimate of drug-likeness (QED) is 0.546. The van der Waals surface area contributed by atoms with E-state index in [0.717, 1.165) is 33.4 Å². The Morgan fingerprint density at radius 2 is 1.84 bits per heavy atom. The van der Waals surface area contributed by atoms with E-state index in [9.17, 15) is 0 Å². The molecule has 0 aliphatic heterocycles. The number of nitriles is 1. The Bertz CT molecular complexity index is 1090. The van der Waals surface area contributed by atoms with E-state index in [1.54, 1.807) is 24.5 Å².